The number of carbonyl (C=O) groups is 1. The molecule has 1 heterocycles. The first-order valence-electron chi connectivity index (χ1n) is 6.64. The second-order valence-corrected chi connectivity index (χ2v) is 5.61. The zero-order valence-electron chi connectivity index (χ0n) is 11.9. The Labute approximate surface area is 142 Å². The van der Waals surface area contributed by atoms with E-state index in [1.165, 1.54) is 0 Å². The molecule has 2 aromatic rings. The molecule has 0 saturated carbocycles. The molecule has 0 aliphatic rings. The van der Waals surface area contributed by atoms with Gasteiger partial charge in [0, 0.05) is 4.47 Å². The smallest absolute Gasteiger partial charge is 0.261 e. The van der Waals surface area contributed by atoms with E-state index >= 15 is 0 Å². The molecule has 22 heavy (non-hydrogen) atoms. The molecule has 7 heteroatoms. The van der Waals surface area contributed by atoms with E-state index < -0.39 is 0 Å². The average Bonchev–Trinajstić information content (AvgIpc) is 3.00. The van der Waals surface area contributed by atoms with E-state index in [4.69, 9.17) is 21.4 Å². The van der Waals surface area contributed by atoms with Gasteiger partial charge in [-0.3, -0.25) is 10.1 Å². The van der Waals surface area contributed by atoms with Crippen molar-refractivity contribution in [3.63, 3.8) is 0 Å². The minimum atomic E-state index is -0.332. The first kappa shape index (κ1) is 16.5. The van der Waals surface area contributed by atoms with E-state index in [1.54, 1.807) is 24.5 Å². The number of benzene rings is 1. The van der Waals surface area contributed by atoms with Crippen LogP contribution in [0.4, 0.5) is 0 Å². The Balaban J connectivity index is 1.99. The van der Waals surface area contributed by atoms with Crippen molar-refractivity contribution in [3.8, 4) is 5.75 Å². The fourth-order valence-electron chi connectivity index (χ4n) is 1.76. The molecule has 1 amide bonds. The summed E-state index contributed by atoms with van der Waals surface area (Å²) in [6.45, 7) is 2.74. The van der Waals surface area contributed by atoms with Gasteiger partial charge in [-0.2, -0.15) is 0 Å². The van der Waals surface area contributed by atoms with Crippen LogP contribution in [-0.4, -0.2) is 17.6 Å². The largest absolute Gasteiger partial charge is 0.493 e. The van der Waals surface area contributed by atoms with Gasteiger partial charge in [0.05, 0.1) is 25.0 Å². The maximum atomic E-state index is 12.3. The molecule has 5 nitrogen and oxygen atoms in total. The number of ether oxygens (including phenoxy) is 1. The number of halogens is 1. The number of rotatable bonds is 5. The van der Waals surface area contributed by atoms with E-state index in [2.05, 4.69) is 26.6 Å². The molecule has 1 aromatic heterocycles. The van der Waals surface area contributed by atoms with Crippen molar-refractivity contribution in [3.05, 3.63) is 52.4 Å². The third-order valence-corrected chi connectivity index (χ3v) is 3.46. The molecule has 116 valence electrons. The van der Waals surface area contributed by atoms with Crippen molar-refractivity contribution >= 4 is 39.2 Å². The van der Waals surface area contributed by atoms with Gasteiger partial charge < -0.3 is 14.5 Å². The SMILES string of the molecule is CCOc1ccc(Br)cc1C(=O)NC(=S)NCc1ccco1. The molecule has 0 unspecified atom stereocenters. The lowest BCUT2D eigenvalue weighted by atomic mass is 10.2. The van der Waals surface area contributed by atoms with Crippen molar-refractivity contribution in [1.29, 1.82) is 0 Å². The Morgan fingerprint density at radius 1 is 1.41 bits per heavy atom. The van der Waals surface area contributed by atoms with Gasteiger partial charge in [-0.25, -0.2) is 0 Å². The summed E-state index contributed by atoms with van der Waals surface area (Å²) in [6.07, 6.45) is 1.58. The van der Waals surface area contributed by atoms with E-state index in [0.717, 1.165) is 10.2 Å². The lowest BCUT2D eigenvalue weighted by molar-refractivity contribution is 0.0973. The molecule has 0 aliphatic heterocycles. The van der Waals surface area contributed by atoms with E-state index in [0.29, 0.717) is 24.5 Å². The molecule has 0 fully saturated rings. The quantitative estimate of drug-likeness (QED) is 0.777. The predicted molar refractivity (Wildman–Crippen MR) is 90.9 cm³/mol. The lowest BCUT2D eigenvalue weighted by Gasteiger charge is -2.12. The highest BCUT2D eigenvalue weighted by molar-refractivity contribution is 9.10. The van der Waals surface area contributed by atoms with Gasteiger partial charge in [0.15, 0.2) is 5.11 Å². The summed E-state index contributed by atoms with van der Waals surface area (Å²) >= 11 is 8.45. The molecule has 0 saturated heterocycles. The first-order valence-corrected chi connectivity index (χ1v) is 7.84. The molecule has 0 spiro atoms. The second-order valence-electron chi connectivity index (χ2n) is 4.29. The maximum absolute atomic E-state index is 12.3. The normalized spacial score (nSPS) is 10.1. The van der Waals surface area contributed by atoms with E-state index in [9.17, 15) is 4.79 Å². The minimum absolute atomic E-state index is 0.226. The van der Waals surface area contributed by atoms with Crippen LogP contribution in [0.25, 0.3) is 0 Å². The number of hydrogen-bond donors (Lipinski definition) is 2. The van der Waals surface area contributed by atoms with Crippen molar-refractivity contribution in [2.45, 2.75) is 13.5 Å². The van der Waals surface area contributed by atoms with Crippen LogP contribution >= 0.6 is 28.1 Å². The standard InChI is InChI=1S/C15H15BrN2O3S/c1-2-20-13-6-5-10(16)8-12(13)14(19)18-15(22)17-9-11-4-3-7-21-11/h3-8H,2,9H2,1H3,(H2,17,18,19,22). The Kier molecular flexibility index (Phi) is 5.97. The number of nitrogens with one attached hydrogen (secondary N) is 2. The van der Waals surface area contributed by atoms with Crippen LogP contribution in [0.3, 0.4) is 0 Å². The Morgan fingerprint density at radius 3 is 2.91 bits per heavy atom. The monoisotopic (exact) mass is 382 g/mol. The highest BCUT2D eigenvalue weighted by Crippen LogP contribution is 2.23. The van der Waals surface area contributed by atoms with Gasteiger partial charge in [-0.1, -0.05) is 15.9 Å². The van der Waals surface area contributed by atoms with Crippen LogP contribution in [0.5, 0.6) is 5.75 Å². The summed E-state index contributed by atoms with van der Waals surface area (Å²) in [5.41, 5.74) is 0.415. The maximum Gasteiger partial charge on any atom is 0.261 e. The highest BCUT2D eigenvalue weighted by atomic mass is 79.9. The van der Waals surface area contributed by atoms with Crippen LogP contribution < -0.4 is 15.4 Å². The Bertz CT molecular complexity index is 659. The number of hydrogen-bond acceptors (Lipinski definition) is 4. The molecule has 0 atom stereocenters. The summed E-state index contributed by atoms with van der Waals surface area (Å²) in [4.78, 5) is 12.3. The molecular formula is C15H15BrN2O3S. The zero-order valence-corrected chi connectivity index (χ0v) is 14.3. The fourth-order valence-corrected chi connectivity index (χ4v) is 2.28. The molecule has 0 bridgehead atoms. The average molecular weight is 383 g/mol. The topological polar surface area (TPSA) is 63.5 Å². The summed E-state index contributed by atoms with van der Waals surface area (Å²) in [7, 11) is 0. The molecule has 2 N–H and O–H groups in total. The first-order chi connectivity index (χ1) is 10.6. The van der Waals surface area contributed by atoms with Crippen LogP contribution in [0.2, 0.25) is 0 Å². The summed E-state index contributed by atoms with van der Waals surface area (Å²) < 4.78 is 11.4. The number of thiocarbonyl (C=S) groups is 1. The highest BCUT2D eigenvalue weighted by Gasteiger charge is 2.14. The van der Waals surface area contributed by atoms with Gasteiger partial charge in [-0.15, -0.1) is 0 Å². The molecule has 0 aliphatic carbocycles. The Morgan fingerprint density at radius 2 is 2.23 bits per heavy atom. The number of amides is 1. The Hall–Kier alpha value is -1.86. The summed E-state index contributed by atoms with van der Waals surface area (Å²) in [6, 6.07) is 8.85. The number of carbonyl (C=O) groups excluding carboxylic acids is 1. The van der Waals surface area contributed by atoms with Crippen molar-refractivity contribution < 1.29 is 13.9 Å². The van der Waals surface area contributed by atoms with Crippen LogP contribution in [0.1, 0.15) is 23.0 Å². The van der Waals surface area contributed by atoms with Crippen LogP contribution in [0.15, 0.2) is 45.5 Å². The van der Waals surface area contributed by atoms with Gasteiger partial charge in [0.2, 0.25) is 0 Å². The van der Waals surface area contributed by atoms with Gasteiger partial charge in [0.25, 0.3) is 5.91 Å². The van der Waals surface area contributed by atoms with Gasteiger partial charge in [0.1, 0.15) is 11.5 Å². The molecule has 0 radical (unpaired) electrons. The van der Waals surface area contributed by atoms with Crippen LogP contribution in [-0.2, 0) is 6.54 Å². The summed E-state index contributed by atoms with van der Waals surface area (Å²) in [5, 5.41) is 5.75. The molecular weight excluding hydrogens is 368 g/mol. The van der Waals surface area contributed by atoms with Gasteiger partial charge in [-0.05, 0) is 49.5 Å². The van der Waals surface area contributed by atoms with Gasteiger partial charge >= 0.3 is 0 Å². The predicted octanol–water partition coefficient (Wildman–Crippen LogP) is 3.25. The number of furan rings is 1. The lowest BCUT2D eigenvalue weighted by Crippen LogP contribution is -2.38. The van der Waals surface area contributed by atoms with Crippen molar-refractivity contribution in [2.24, 2.45) is 0 Å². The minimum Gasteiger partial charge on any atom is -0.493 e. The third kappa shape index (κ3) is 4.57. The van der Waals surface area contributed by atoms with Crippen molar-refractivity contribution in [1.82, 2.24) is 10.6 Å². The zero-order chi connectivity index (χ0) is 15.9. The molecule has 1 aromatic carbocycles. The van der Waals surface area contributed by atoms with E-state index in [-0.39, 0.29) is 11.0 Å². The molecule has 2 rings (SSSR count). The second kappa shape index (κ2) is 7.95. The van der Waals surface area contributed by atoms with E-state index in [1.807, 2.05) is 19.1 Å². The van der Waals surface area contributed by atoms with Crippen LogP contribution in [0, 0.1) is 0 Å². The summed E-state index contributed by atoms with van der Waals surface area (Å²) in [5.74, 6) is 0.910. The third-order valence-electron chi connectivity index (χ3n) is 2.72. The fraction of sp³-hybridized carbons (Fsp3) is 0.200. The van der Waals surface area contributed by atoms with Crippen molar-refractivity contribution in [2.75, 3.05) is 6.61 Å².